The lowest BCUT2D eigenvalue weighted by atomic mass is 9.78. The molecule has 0 amide bonds. The van der Waals surface area contributed by atoms with Crippen molar-refractivity contribution in [2.45, 2.75) is 90.4 Å². The van der Waals surface area contributed by atoms with Gasteiger partial charge in [-0.1, -0.05) is 64.4 Å². The van der Waals surface area contributed by atoms with Crippen LogP contribution < -0.4 is 0 Å². The lowest BCUT2D eigenvalue weighted by Crippen LogP contribution is -2.50. The summed E-state index contributed by atoms with van der Waals surface area (Å²) in [6.45, 7) is 9.27. The number of quaternary nitrogens is 1. The SMILES string of the molecule is C=CC1CCCCC1C[N+](C)(CCCCCCCCCC)CCCS(=O)(=O)[O-]. The Morgan fingerprint density at radius 1 is 0.964 bits per heavy atom. The maximum atomic E-state index is 11.0. The molecule has 0 aromatic carbocycles. The second kappa shape index (κ2) is 13.8. The molecule has 0 heterocycles. The van der Waals surface area contributed by atoms with Gasteiger partial charge in [0.1, 0.15) is 0 Å². The van der Waals surface area contributed by atoms with Crippen LogP contribution in [0.3, 0.4) is 0 Å². The van der Waals surface area contributed by atoms with Gasteiger partial charge in [-0.2, -0.15) is 0 Å². The molecule has 1 saturated carbocycles. The zero-order valence-electron chi connectivity index (χ0n) is 18.5. The van der Waals surface area contributed by atoms with Crippen molar-refractivity contribution in [2.75, 3.05) is 32.4 Å². The zero-order valence-corrected chi connectivity index (χ0v) is 19.4. The van der Waals surface area contributed by atoms with E-state index in [1.165, 1.54) is 77.0 Å². The molecule has 1 aliphatic carbocycles. The van der Waals surface area contributed by atoms with Crippen molar-refractivity contribution in [1.82, 2.24) is 0 Å². The lowest BCUT2D eigenvalue weighted by Gasteiger charge is -2.41. The van der Waals surface area contributed by atoms with E-state index in [4.69, 9.17) is 0 Å². The van der Waals surface area contributed by atoms with Crippen LogP contribution in [0.25, 0.3) is 0 Å². The first-order chi connectivity index (χ1) is 13.3. The number of unbranched alkanes of at least 4 members (excludes halogenated alkanes) is 7. The molecule has 0 saturated heterocycles. The Labute approximate surface area is 175 Å². The molecule has 3 unspecified atom stereocenters. The van der Waals surface area contributed by atoms with Crippen molar-refractivity contribution in [3.63, 3.8) is 0 Å². The van der Waals surface area contributed by atoms with Gasteiger partial charge >= 0.3 is 0 Å². The minimum atomic E-state index is -4.11. The van der Waals surface area contributed by atoms with Gasteiger partial charge in [0.2, 0.25) is 0 Å². The third kappa shape index (κ3) is 11.6. The highest BCUT2D eigenvalue weighted by Crippen LogP contribution is 2.33. The highest BCUT2D eigenvalue weighted by Gasteiger charge is 2.31. The average Bonchev–Trinajstić information content (AvgIpc) is 2.63. The molecule has 0 N–H and O–H groups in total. The van der Waals surface area contributed by atoms with Gasteiger partial charge in [-0.15, -0.1) is 6.58 Å². The molecule has 5 heteroatoms. The third-order valence-electron chi connectivity index (χ3n) is 6.59. The van der Waals surface area contributed by atoms with Gasteiger partial charge in [-0.05, 0) is 31.6 Å². The summed E-state index contributed by atoms with van der Waals surface area (Å²) in [5.74, 6) is 1.01. The summed E-state index contributed by atoms with van der Waals surface area (Å²) in [7, 11) is -1.84. The van der Waals surface area contributed by atoms with E-state index >= 15 is 0 Å². The van der Waals surface area contributed by atoms with Crippen LogP contribution in [-0.2, 0) is 10.1 Å². The molecule has 0 radical (unpaired) electrons. The van der Waals surface area contributed by atoms with Crippen molar-refractivity contribution in [1.29, 1.82) is 0 Å². The normalized spacial score (nSPS) is 22.7. The molecule has 3 atom stereocenters. The number of hydrogen-bond donors (Lipinski definition) is 0. The molecule has 1 fully saturated rings. The summed E-state index contributed by atoms with van der Waals surface area (Å²) < 4.78 is 34.0. The molecule has 28 heavy (non-hydrogen) atoms. The van der Waals surface area contributed by atoms with Crippen molar-refractivity contribution < 1.29 is 17.5 Å². The monoisotopic (exact) mass is 415 g/mol. The van der Waals surface area contributed by atoms with E-state index < -0.39 is 10.1 Å². The Balaban J connectivity index is 2.50. The van der Waals surface area contributed by atoms with E-state index in [0.717, 1.165) is 24.1 Å². The smallest absolute Gasteiger partial charge is 0.0948 e. The summed E-state index contributed by atoms with van der Waals surface area (Å²) in [5.41, 5.74) is 0. The molecular formula is C23H45NO3S. The summed E-state index contributed by atoms with van der Waals surface area (Å²) in [5, 5.41) is 0. The van der Waals surface area contributed by atoms with Crippen LogP contribution >= 0.6 is 0 Å². The fraction of sp³-hybridized carbons (Fsp3) is 0.913. The highest BCUT2D eigenvalue weighted by atomic mass is 32.2. The Morgan fingerprint density at radius 2 is 1.54 bits per heavy atom. The lowest BCUT2D eigenvalue weighted by molar-refractivity contribution is -0.913. The summed E-state index contributed by atoms with van der Waals surface area (Å²) in [6.07, 6.45) is 18.1. The van der Waals surface area contributed by atoms with Gasteiger partial charge < -0.3 is 9.04 Å². The van der Waals surface area contributed by atoms with Crippen molar-refractivity contribution >= 4 is 10.1 Å². The summed E-state index contributed by atoms with van der Waals surface area (Å²) in [6, 6.07) is 0. The third-order valence-corrected chi connectivity index (χ3v) is 7.38. The fourth-order valence-electron chi connectivity index (χ4n) is 4.88. The van der Waals surface area contributed by atoms with Gasteiger partial charge in [0.25, 0.3) is 0 Å². The standard InChI is InChI=1S/C23H45NO3S/c1-4-6-7-8-9-10-11-14-18-24(3,19-15-20-28(25,26)27)21-23-17-13-12-16-22(23)5-2/h5,22-23H,2,4,6-21H2,1,3H3. The number of nitrogens with zero attached hydrogens (tertiary/aromatic N) is 1. The Bertz CT molecular complexity index is 520. The second-order valence-electron chi connectivity index (χ2n) is 9.28. The first-order valence-electron chi connectivity index (χ1n) is 11.7. The van der Waals surface area contributed by atoms with Crippen LogP contribution in [0.1, 0.15) is 90.4 Å². The Kier molecular flexibility index (Phi) is 12.6. The molecule has 0 spiro atoms. The van der Waals surface area contributed by atoms with Crippen LogP contribution in [0.15, 0.2) is 12.7 Å². The molecule has 0 aromatic heterocycles. The minimum Gasteiger partial charge on any atom is -0.748 e. The minimum absolute atomic E-state index is 0.228. The second-order valence-corrected chi connectivity index (χ2v) is 10.8. The molecule has 0 bridgehead atoms. The van der Waals surface area contributed by atoms with E-state index in [0.29, 0.717) is 18.3 Å². The van der Waals surface area contributed by atoms with Crippen molar-refractivity contribution in [3.8, 4) is 0 Å². The molecular weight excluding hydrogens is 370 g/mol. The van der Waals surface area contributed by atoms with Gasteiger partial charge in [-0.25, -0.2) is 8.42 Å². The van der Waals surface area contributed by atoms with Crippen LogP contribution in [0.4, 0.5) is 0 Å². The van der Waals surface area contributed by atoms with E-state index in [9.17, 15) is 13.0 Å². The largest absolute Gasteiger partial charge is 0.748 e. The predicted molar refractivity (Wildman–Crippen MR) is 118 cm³/mol. The average molecular weight is 416 g/mol. The summed E-state index contributed by atoms with van der Waals surface area (Å²) >= 11 is 0. The van der Waals surface area contributed by atoms with E-state index in [2.05, 4.69) is 26.6 Å². The highest BCUT2D eigenvalue weighted by molar-refractivity contribution is 7.85. The molecule has 1 rings (SSSR count). The molecule has 166 valence electrons. The van der Waals surface area contributed by atoms with Crippen LogP contribution in [0.5, 0.6) is 0 Å². The maximum absolute atomic E-state index is 11.0. The van der Waals surface area contributed by atoms with Gasteiger partial charge in [0.05, 0.1) is 36.8 Å². The van der Waals surface area contributed by atoms with E-state index in [-0.39, 0.29) is 5.75 Å². The van der Waals surface area contributed by atoms with E-state index in [1.807, 2.05) is 0 Å². The fourth-order valence-corrected chi connectivity index (χ4v) is 5.37. The number of hydrogen-bond acceptors (Lipinski definition) is 3. The number of allylic oxidation sites excluding steroid dienone is 1. The Hall–Kier alpha value is -0.390. The maximum Gasteiger partial charge on any atom is 0.0948 e. The molecule has 4 nitrogen and oxygen atoms in total. The van der Waals surface area contributed by atoms with Gasteiger partial charge in [-0.3, -0.25) is 0 Å². The van der Waals surface area contributed by atoms with Crippen molar-refractivity contribution in [2.24, 2.45) is 11.8 Å². The van der Waals surface area contributed by atoms with Gasteiger partial charge in [0, 0.05) is 18.1 Å². The molecule has 0 aromatic rings. The van der Waals surface area contributed by atoms with Gasteiger partial charge in [0.15, 0.2) is 0 Å². The van der Waals surface area contributed by atoms with Crippen LogP contribution in [-0.4, -0.2) is 49.9 Å². The first kappa shape index (κ1) is 25.6. The molecule has 1 aliphatic rings. The Morgan fingerprint density at radius 3 is 2.14 bits per heavy atom. The van der Waals surface area contributed by atoms with Crippen molar-refractivity contribution in [3.05, 3.63) is 12.7 Å². The number of rotatable bonds is 16. The zero-order chi connectivity index (χ0) is 20.9. The topological polar surface area (TPSA) is 57.2 Å². The van der Waals surface area contributed by atoms with Crippen LogP contribution in [0, 0.1) is 11.8 Å². The quantitative estimate of drug-likeness (QED) is 0.145. The van der Waals surface area contributed by atoms with E-state index in [1.54, 1.807) is 0 Å². The molecule has 0 aliphatic heterocycles. The first-order valence-corrected chi connectivity index (χ1v) is 13.3. The summed E-state index contributed by atoms with van der Waals surface area (Å²) in [4.78, 5) is 0. The predicted octanol–water partition coefficient (Wildman–Crippen LogP) is 5.50. The van der Waals surface area contributed by atoms with Crippen LogP contribution in [0.2, 0.25) is 0 Å².